The Hall–Kier alpha value is -3.60. The lowest BCUT2D eigenvalue weighted by molar-refractivity contribution is 0.0555. The molecule has 0 fully saturated rings. The summed E-state index contributed by atoms with van der Waals surface area (Å²) in [5.74, 6) is -1.10. The monoisotopic (exact) mass is 363 g/mol. The number of para-hydroxylation sites is 2. The molecule has 5 heteroatoms. The average molecular weight is 363 g/mol. The molecule has 3 rings (SSSR count). The van der Waals surface area contributed by atoms with E-state index in [4.69, 9.17) is 0 Å². The standard InChI is InChI=1S/C12H11N.C10H10O4/c1-3-7-11(8-4-1)13-12-9-5-2-6-10-12;1-13-9(11)7-5-3-4-6-8(7)10(12)14-2/h1-10,13H;3-6H,1-2H3. The fourth-order valence-corrected chi connectivity index (χ4v) is 2.27. The van der Waals surface area contributed by atoms with Crippen molar-refractivity contribution in [1.29, 1.82) is 0 Å². The highest BCUT2D eigenvalue weighted by atomic mass is 16.5. The first kappa shape index (κ1) is 19.7. The Morgan fingerprint density at radius 2 is 0.926 bits per heavy atom. The van der Waals surface area contributed by atoms with Crippen LogP contribution in [0.2, 0.25) is 0 Å². The number of hydrogen-bond acceptors (Lipinski definition) is 5. The number of carbonyl (C=O) groups is 2. The smallest absolute Gasteiger partial charge is 0.338 e. The van der Waals surface area contributed by atoms with Crippen LogP contribution in [0.4, 0.5) is 11.4 Å². The molecular formula is C22H21NO4. The molecule has 1 N–H and O–H groups in total. The van der Waals surface area contributed by atoms with E-state index in [1.54, 1.807) is 12.1 Å². The van der Waals surface area contributed by atoms with Crippen molar-refractivity contribution < 1.29 is 19.1 Å². The highest BCUT2D eigenvalue weighted by molar-refractivity contribution is 6.03. The number of methoxy groups -OCH3 is 2. The lowest BCUT2D eigenvalue weighted by Crippen LogP contribution is -2.11. The molecule has 0 atom stereocenters. The Bertz CT molecular complexity index is 791. The molecule has 0 aliphatic carbocycles. The van der Waals surface area contributed by atoms with Gasteiger partial charge in [-0.25, -0.2) is 9.59 Å². The van der Waals surface area contributed by atoms with Crippen LogP contribution < -0.4 is 5.32 Å². The van der Waals surface area contributed by atoms with Crippen molar-refractivity contribution in [2.45, 2.75) is 0 Å². The van der Waals surface area contributed by atoms with Crippen LogP contribution in [0.25, 0.3) is 0 Å². The van der Waals surface area contributed by atoms with Gasteiger partial charge in [0.1, 0.15) is 0 Å². The number of anilines is 2. The predicted octanol–water partition coefficient (Wildman–Crippen LogP) is 4.69. The fraction of sp³-hybridized carbons (Fsp3) is 0.0909. The van der Waals surface area contributed by atoms with E-state index in [0.29, 0.717) is 0 Å². The van der Waals surface area contributed by atoms with Gasteiger partial charge in [-0.1, -0.05) is 48.5 Å². The second kappa shape index (κ2) is 10.4. The molecule has 3 aromatic rings. The zero-order chi connectivity index (χ0) is 19.5. The first-order valence-corrected chi connectivity index (χ1v) is 8.28. The molecule has 0 saturated heterocycles. The third-order valence-electron chi connectivity index (χ3n) is 3.57. The van der Waals surface area contributed by atoms with Gasteiger partial charge in [-0.05, 0) is 36.4 Å². The molecule has 0 aliphatic rings. The second-order valence-electron chi connectivity index (χ2n) is 5.39. The summed E-state index contributed by atoms with van der Waals surface area (Å²) in [7, 11) is 2.52. The van der Waals surface area contributed by atoms with Crippen LogP contribution in [0.1, 0.15) is 20.7 Å². The molecule has 0 saturated carbocycles. The van der Waals surface area contributed by atoms with Crippen LogP contribution >= 0.6 is 0 Å². The van der Waals surface area contributed by atoms with Gasteiger partial charge in [0.2, 0.25) is 0 Å². The SMILES string of the molecule is COC(=O)c1ccccc1C(=O)OC.c1ccc(Nc2ccccc2)cc1. The molecule has 0 spiro atoms. The van der Waals surface area contributed by atoms with Gasteiger partial charge in [-0.15, -0.1) is 0 Å². The van der Waals surface area contributed by atoms with Gasteiger partial charge in [-0.3, -0.25) is 0 Å². The van der Waals surface area contributed by atoms with Crippen LogP contribution in [0.3, 0.4) is 0 Å². The summed E-state index contributed by atoms with van der Waals surface area (Å²) in [5, 5.41) is 3.30. The number of benzene rings is 3. The van der Waals surface area contributed by atoms with Crippen LogP contribution in [0.15, 0.2) is 84.9 Å². The molecule has 0 heterocycles. The van der Waals surface area contributed by atoms with Gasteiger partial charge in [0.25, 0.3) is 0 Å². The zero-order valence-corrected chi connectivity index (χ0v) is 15.2. The number of ether oxygens (including phenoxy) is 2. The first-order valence-electron chi connectivity index (χ1n) is 8.28. The van der Waals surface area contributed by atoms with E-state index >= 15 is 0 Å². The summed E-state index contributed by atoms with van der Waals surface area (Å²) >= 11 is 0. The topological polar surface area (TPSA) is 64.6 Å². The maximum Gasteiger partial charge on any atom is 0.338 e. The van der Waals surface area contributed by atoms with E-state index in [0.717, 1.165) is 11.4 Å². The van der Waals surface area contributed by atoms with E-state index in [9.17, 15) is 9.59 Å². The molecular weight excluding hydrogens is 342 g/mol. The summed E-state index contributed by atoms with van der Waals surface area (Å²) in [5.41, 5.74) is 2.66. The van der Waals surface area contributed by atoms with Gasteiger partial charge in [0.15, 0.2) is 0 Å². The van der Waals surface area contributed by atoms with Crippen molar-refractivity contribution in [2.75, 3.05) is 19.5 Å². The highest BCUT2D eigenvalue weighted by Gasteiger charge is 2.16. The van der Waals surface area contributed by atoms with Crippen molar-refractivity contribution in [3.8, 4) is 0 Å². The van der Waals surface area contributed by atoms with Gasteiger partial charge < -0.3 is 14.8 Å². The molecule has 0 radical (unpaired) electrons. The van der Waals surface area contributed by atoms with Gasteiger partial charge in [-0.2, -0.15) is 0 Å². The molecule has 0 bridgehead atoms. The van der Waals surface area contributed by atoms with Crippen LogP contribution in [-0.2, 0) is 9.47 Å². The minimum absolute atomic E-state index is 0.210. The number of esters is 2. The predicted molar refractivity (Wildman–Crippen MR) is 105 cm³/mol. The Balaban J connectivity index is 0.000000194. The van der Waals surface area contributed by atoms with E-state index in [-0.39, 0.29) is 11.1 Å². The van der Waals surface area contributed by atoms with E-state index in [1.165, 1.54) is 26.4 Å². The lowest BCUT2D eigenvalue weighted by atomic mass is 10.1. The second-order valence-corrected chi connectivity index (χ2v) is 5.39. The molecule has 0 unspecified atom stereocenters. The normalized spacial score (nSPS) is 9.41. The first-order chi connectivity index (χ1) is 13.2. The van der Waals surface area contributed by atoms with Crippen molar-refractivity contribution in [3.63, 3.8) is 0 Å². The quantitative estimate of drug-likeness (QED) is 0.681. The molecule has 27 heavy (non-hydrogen) atoms. The maximum absolute atomic E-state index is 11.2. The van der Waals surface area contributed by atoms with Crippen LogP contribution in [0, 0.1) is 0 Å². The van der Waals surface area contributed by atoms with Crippen molar-refractivity contribution >= 4 is 23.3 Å². The van der Waals surface area contributed by atoms with E-state index in [1.807, 2.05) is 60.7 Å². The molecule has 3 aromatic carbocycles. The van der Waals surface area contributed by atoms with Crippen LogP contribution in [-0.4, -0.2) is 26.2 Å². The Labute approximate surface area is 158 Å². The Morgan fingerprint density at radius 3 is 1.26 bits per heavy atom. The molecule has 0 aromatic heterocycles. The number of rotatable bonds is 4. The number of hydrogen-bond donors (Lipinski definition) is 1. The third-order valence-corrected chi connectivity index (χ3v) is 3.57. The molecule has 5 nitrogen and oxygen atoms in total. The van der Waals surface area contributed by atoms with Crippen LogP contribution in [0.5, 0.6) is 0 Å². The summed E-state index contributed by atoms with van der Waals surface area (Å²) in [6, 6.07) is 26.6. The molecule has 0 aliphatic heterocycles. The van der Waals surface area contributed by atoms with Gasteiger partial charge in [0, 0.05) is 11.4 Å². The summed E-state index contributed by atoms with van der Waals surface area (Å²) in [4.78, 5) is 22.4. The lowest BCUT2D eigenvalue weighted by Gasteiger charge is -2.04. The summed E-state index contributed by atoms with van der Waals surface area (Å²) < 4.78 is 9.05. The molecule has 0 amide bonds. The summed E-state index contributed by atoms with van der Waals surface area (Å²) in [6.07, 6.45) is 0. The number of nitrogens with one attached hydrogen (secondary N) is 1. The third kappa shape index (κ3) is 6.01. The van der Waals surface area contributed by atoms with Crippen molar-refractivity contribution in [1.82, 2.24) is 0 Å². The van der Waals surface area contributed by atoms with Crippen molar-refractivity contribution in [2.24, 2.45) is 0 Å². The number of carbonyl (C=O) groups excluding carboxylic acids is 2. The minimum Gasteiger partial charge on any atom is -0.465 e. The highest BCUT2D eigenvalue weighted by Crippen LogP contribution is 2.14. The van der Waals surface area contributed by atoms with E-state index < -0.39 is 11.9 Å². The maximum atomic E-state index is 11.2. The molecule has 138 valence electrons. The largest absolute Gasteiger partial charge is 0.465 e. The van der Waals surface area contributed by atoms with E-state index in [2.05, 4.69) is 14.8 Å². The Morgan fingerprint density at radius 1 is 0.593 bits per heavy atom. The average Bonchev–Trinajstić information content (AvgIpc) is 2.74. The Kier molecular flexibility index (Phi) is 7.60. The van der Waals surface area contributed by atoms with Gasteiger partial charge >= 0.3 is 11.9 Å². The van der Waals surface area contributed by atoms with Crippen molar-refractivity contribution in [3.05, 3.63) is 96.1 Å². The zero-order valence-electron chi connectivity index (χ0n) is 15.2. The fourth-order valence-electron chi connectivity index (χ4n) is 2.27. The summed E-state index contributed by atoms with van der Waals surface area (Å²) in [6.45, 7) is 0. The van der Waals surface area contributed by atoms with Gasteiger partial charge in [0.05, 0.1) is 25.3 Å². The minimum atomic E-state index is -0.550.